The first-order valence-corrected chi connectivity index (χ1v) is 11.2. The van der Waals surface area contributed by atoms with Crippen molar-refractivity contribution in [3.8, 4) is 23.0 Å². The monoisotopic (exact) mass is 427 g/mol. The van der Waals surface area contributed by atoms with E-state index in [9.17, 15) is 8.78 Å². The largest absolute Gasteiger partial charge is 0.396 e. The van der Waals surface area contributed by atoms with Crippen LogP contribution >= 0.6 is 0 Å². The zero-order chi connectivity index (χ0) is 22.5. The van der Waals surface area contributed by atoms with Crippen molar-refractivity contribution in [2.75, 3.05) is 5.73 Å². The number of rotatable bonds is 5. The molecule has 0 aliphatic heterocycles. The first kappa shape index (κ1) is 21.8. The Morgan fingerprint density at radius 3 is 2.47 bits per heavy atom. The van der Waals surface area contributed by atoms with Crippen molar-refractivity contribution in [3.05, 3.63) is 94.1 Å². The standard InChI is InChI=1S/C29H27F2N/c1-2-3-4-5-20-6-8-21(9-7-20)10-11-22-12-13-24-19-25(15-14-23(24)18-22)26-16-17-27(32)29(31)28(26)30/h6-9,14-19H,2-5,12-13,32H2,1H3. The summed E-state index contributed by atoms with van der Waals surface area (Å²) in [6.07, 6.45) is 8.60. The van der Waals surface area contributed by atoms with Crippen LogP contribution in [-0.2, 0) is 12.8 Å². The number of aryl methyl sites for hydroxylation is 2. The number of anilines is 1. The highest BCUT2D eigenvalue weighted by Gasteiger charge is 2.16. The molecule has 4 rings (SSSR count). The predicted octanol–water partition coefficient (Wildman–Crippen LogP) is 7.33. The van der Waals surface area contributed by atoms with Crippen molar-refractivity contribution in [2.45, 2.75) is 45.4 Å². The van der Waals surface area contributed by atoms with Crippen LogP contribution in [-0.4, -0.2) is 0 Å². The average Bonchev–Trinajstić information content (AvgIpc) is 2.82. The van der Waals surface area contributed by atoms with Gasteiger partial charge in [-0.05, 0) is 78.3 Å². The predicted molar refractivity (Wildman–Crippen MR) is 129 cm³/mol. The summed E-state index contributed by atoms with van der Waals surface area (Å²) in [6, 6.07) is 17.2. The molecule has 0 atom stereocenters. The van der Waals surface area contributed by atoms with Gasteiger partial charge in [-0.2, -0.15) is 0 Å². The van der Waals surface area contributed by atoms with Gasteiger partial charge in [-0.3, -0.25) is 0 Å². The number of hydrogen-bond donors (Lipinski definition) is 1. The van der Waals surface area contributed by atoms with Gasteiger partial charge in [0.2, 0.25) is 0 Å². The van der Waals surface area contributed by atoms with Crippen molar-refractivity contribution in [1.29, 1.82) is 0 Å². The van der Waals surface area contributed by atoms with Crippen LogP contribution in [0.4, 0.5) is 14.5 Å². The maximum Gasteiger partial charge on any atom is 0.182 e. The summed E-state index contributed by atoms with van der Waals surface area (Å²) >= 11 is 0. The van der Waals surface area contributed by atoms with E-state index in [-0.39, 0.29) is 11.3 Å². The molecule has 0 amide bonds. The van der Waals surface area contributed by atoms with E-state index in [4.69, 9.17) is 5.73 Å². The topological polar surface area (TPSA) is 26.0 Å². The fourth-order valence-corrected chi connectivity index (χ4v) is 4.03. The van der Waals surface area contributed by atoms with Gasteiger partial charge in [0.05, 0.1) is 5.69 Å². The molecule has 0 unspecified atom stereocenters. The van der Waals surface area contributed by atoms with Crippen LogP contribution in [0.1, 0.15) is 54.9 Å². The van der Waals surface area contributed by atoms with Crippen LogP contribution in [0.25, 0.3) is 17.2 Å². The number of hydrogen-bond acceptors (Lipinski definition) is 1. The van der Waals surface area contributed by atoms with Gasteiger partial charge in [0.25, 0.3) is 0 Å². The Morgan fingerprint density at radius 2 is 1.69 bits per heavy atom. The van der Waals surface area contributed by atoms with Gasteiger partial charge in [0.1, 0.15) is 0 Å². The molecule has 1 nitrogen and oxygen atoms in total. The fraction of sp³-hybridized carbons (Fsp3) is 0.241. The lowest BCUT2D eigenvalue weighted by Gasteiger charge is -2.15. The van der Waals surface area contributed by atoms with Crippen molar-refractivity contribution in [2.24, 2.45) is 0 Å². The molecule has 0 aromatic heterocycles. The number of nitrogen functional groups attached to an aromatic ring is 1. The molecule has 0 saturated carbocycles. The zero-order valence-corrected chi connectivity index (χ0v) is 18.3. The average molecular weight is 428 g/mol. The molecule has 0 spiro atoms. The molecule has 162 valence electrons. The Balaban J connectivity index is 1.50. The Bertz CT molecular complexity index is 1210. The first-order chi connectivity index (χ1) is 15.5. The number of fused-ring (bicyclic) bond motifs is 1. The van der Waals surface area contributed by atoms with E-state index in [1.54, 1.807) is 0 Å². The Labute approximate surface area is 189 Å². The first-order valence-electron chi connectivity index (χ1n) is 11.2. The molecule has 0 heterocycles. The quantitative estimate of drug-likeness (QED) is 0.257. The molecular formula is C29H27F2N. The van der Waals surface area contributed by atoms with Crippen LogP contribution < -0.4 is 5.73 Å². The summed E-state index contributed by atoms with van der Waals surface area (Å²) in [7, 11) is 0. The molecule has 0 fully saturated rings. The maximum atomic E-state index is 14.3. The van der Waals surface area contributed by atoms with E-state index >= 15 is 0 Å². The number of benzene rings is 3. The van der Waals surface area contributed by atoms with Crippen LogP contribution in [0.2, 0.25) is 0 Å². The number of nitrogens with two attached hydrogens (primary N) is 1. The summed E-state index contributed by atoms with van der Waals surface area (Å²) in [6.45, 7) is 2.22. The minimum absolute atomic E-state index is 0.179. The van der Waals surface area contributed by atoms with E-state index in [2.05, 4.69) is 49.1 Å². The third-order valence-electron chi connectivity index (χ3n) is 5.95. The lowest BCUT2D eigenvalue weighted by atomic mass is 9.89. The van der Waals surface area contributed by atoms with Gasteiger partial charge in [-0.1, -0.05) is 61.9 Å². The highest BCUT2D eigenvalue weighted by atomic mass is 19.2. The molecule has 0 radical (unpaired) electrons. The van der Waals surface area contributed by atoms with Crippen molar-refractivity contribution in [1.82, 2.24) is 0 Å². The number of allylic oxidation sites excluding steroid dienone is 1. The second-order valence-electron chi connectivity index (χ2n) is 8.32. The molecule has 1 aliphatic rings. The van der Waals surface area contributed by atoms with E-state index in [0.717, 1.165) is 41.5 Å². The maximum absolute atomic E-state index is 14.3. The van der Waals surface area contributed by atoms with Crippen molar-refractivity contribution >= 4 is 11.8 Å². The van der Waals surface area contributed by atoms with Gasteiger partial charge in [-0.25, -0.2) is 8.78 Å². The second-order valence-corrected chi connectivity index (χ2v) is 8.32. The normalized spacial score (nSPS) is 12.5. The highest BCUT2D eigenvalue weighted by Crippen LogP contribution is 2.32. The Hall–Kier alpha value is -3.38. The summed E-state index contributed by atoms with van der Waals surface area (Å²) < 4.78 is 28.2. The molecule has 3 aromatic carbocycles. The number of unbranched alkanes of at least 4 members (excludes halogenated alkanes) is 2. The van der Waals surface area contributed by atoms with Crippen LogP contribution in [0.15, 0.2) is 60.2 Å². The molecule has 1 aliphatic carbocycles. The molecule has 0 saturated heterocycles. The molecular weight excluding hydrogens is 400 g/mol. The van der Waals surface area contributed by atoms with Gasteiger partial charge in [0, 0.05) is 16.7 Å². The van der Waals surface area contributed by atoms with Crippen LogP contribution in [0, 0.1) is 23.5 Å². The highest BCUT2D eigenvalue weighted by molar-refractivity contribution is 5.72. The third kappa shape index (κ3) is 4.92. The van der Waals surface area contributed by atoms with E-state index in [1.165, 1.54) is 37.0 Å². The molecule has 2 N–H and O–H groups in total. The summed E-state index contributed by atoms with van der Waals surface area (Å²) in [5.74, 6) is 4.68. The van der Waals surface area contributed by atoms with E-state index < -0.39 is 11.6 Å². The van der Waals surface area contributed by atoms with Crippen molar-refractivity contribution in [3.63, 3.8) is 0 Å². The zero-order valence-electron chi connectivity index (χ0n) is 18.3. The van der Waals surface area contributed by atoms with Gasteiger partial charge >= 0.3 is 0 Å². The summed E-state index contributed by atoms with van der Waals surface area (Å²) in [5.41, 5.74) is 11.8. The van der Waals surface area contributed by atoms with Gasteiger partial charge in [-0.15, -0.1) is 0 Å². The summed E-state index contributed by atoms with van der Waals surface area (Å²) in [5, 5.41) is 0. The SMILES string of the molecule is CCCCCc1ccc(C#CC2=Cc3ccc(-c4ccc(N)c(F)c4F)cc3CC2)cc1. The molecule has 0 bridgehead atoms. The third-order valence-corrected chi connectivity index (χ3v) is 5.95. The molecule has 3 heteroatoms. The van der Waals surface area contributed by atoms with Crippen LogP contribution in [0.3, 0.4) is 0 Å². The smallest absolute Gasteiger partial charge is 0.182 e. The summed E-state index contributed by atoms with van der Waals surface area (Å²) in [4.78, 5) is 0. The van der Waals surface area contributed by atoms with Gasteiger partial charge < -0.3 is 5.73 Å². The second kappa shape index (κ2) is 9.83. The number of halogens is 2. The van der Waals surface area contributed by atoms with Crippen molar-refractivity contribution < 1.29 is 8.78 Å². The molecule has 3 aromatic rings. The lowest BCUT2D eigenvalue weighted by Crippen LogP contribution is -2.00. The van der Waals surface area contributed by atoms with Gasteiger partial charge in [0.15, 0.2) is 11.6 Å². The van der Waals surface area contributed by atoms with E-state index in [1.807, 2.05) is 18.2 Å². The Morgan fingerprint density at radius 1 is 0.875 bits per heavy atom. The molecule has 32 heavy (non-hydrogen) atoms. The Kier molecular flexibility index (Phi) is 6.71. The minimum Gasteiger partial charge on any atom is -0.396 e. The van der Waals surface area contributed by atoms with Crippen LogP contribution in [0.5, 0.6) is 0 Å². The van der Waals surface area contributed by atoms with E-state index in [0.29, 0.717) is 5.56 Å². The minimum atomic E-state index is -0.994. The fourth-order valence-electron chi connectivity index (χ4n) is 4.03. The lowest BCUT2D eigenvalue weighted by molar-refractivity contribution is 0.514.